The van der Waals surface area contributed by atoms with Crippen molar-refractivity contribution in [2.45, 2.75) is 12.4 Å². The van der Waals surface area contributed by atoms with Gasteiger partial charge in [-0.15, -0.1) is 0 Å². The van der Waals surface area contributed by atoms with Gasteiger partial charge < -0.3 is 9.84 Å². The van der Waals surface area contributed by atoms with Crippen molar-refractivity contribution in [2.24, 2.45) is 0 Å². The molecular formula is C21H18ClNO5S. The van der Waals surface area contributed by atoms with Crippen LogP contribution in [0.4, 0.5) is 5.69 Å². The molecule has 0 fully saturated rings. The topological polar surface area (TPSA) is 92.7 Å². The Hall–Kier alpha value is -3.03. The van der Waals surface area contributed by atoms with E-state index >= 15 is 0 Å². The van der Waals surface area contributed by atoms with Crippen LogP contribution in [0.2, 0.25) is 5.02 Å². The number of benzene rings is 3. The smallest absolute Gasteiger partial charge is 0.335 e. The summed E-state index contributed by atoms with van der Waals surface area (Å²) in [5, 5.41) is 9.35. The minimum atomic E-state index is -3.66. The Kier molecular flexibility index (Phi) is 6.41. The molecule has 0 spiro atoms. The molecule has 0 heterocycles. The third kappa shape index (κ3) is 5.97. The molecule has 8 heteroatoms. The number of hydrogen-bond donors (Lipinski definition) is 2. The number of nitrogens with one attached hydrogen (secondary N) is 1. The van der Waals surface area contributed by atoms with Crippen molar-refractivity contribution < 1.29 is 23.1 Å². The Morgan fingerprint density at radius 3 is 2.31 bits per heavy atom. The molecule has 0 saturated carbocycles. The first-order valence-electron chi connectivity index (χ1n) is 8.61. The SMILES string of the molecule is O=C(O)c1ccc(COc2cc(Cl)ccc2NS(=O)(=O)Cc2ccccc2)cc1. The number of ether oxygens (including phenoxy) is 1. The van der Waals surface area contributed by atoms with Gasteiger partial charge in [-0.2, -0.15) is 0 Å². The lowest BCUT2D eigenvalue weighted by Gasteiger charge is -2.14. The fourth-order valence-electron chi connectivity index (χ4n) is 2.60. The standard InChI is InChI=1S/C21H18ClNO5S/c22-18-10-11-19(23-29(26,27)14-16-4-2-1-3-5-16)20(12-18)28-13-15-6-8-17(9-7-15)21(24)25/h1-12,23H,13-14H2,(H,24,25). The molecule has 3 rings (SSSR count). The Morgan fingerprint density at radius 2 is 1.66 bits per heavy atom. The van der Waals surface area contributed by atoms with E-state index < -0.39 is 16.0 Å². The lowest BCUT2D eigenvalue weighted by atomic mass is 10.1. The van der Waals surface area contributed by atoms with E-state index in [0.717, 1.165) is 5.56 Å². The van der Waals surface area contributed by atoms with Crippen molar-refractivity contribution in [3.05, 3.63) is 94.5 Å². The van der Waals surface area contributed by atoms with Crippen molar-refractivity contribution in [1.29, 1.82) is 0 Å². The van der Waals surface area contributed by atoms with Crippen LogP contribution in [0.3, 0.4) is 0 Å². The molecule has 2 N–H and O–H groups in total. The lowest BCUT2D eigenvalue weighted by molar-refractivity contribution is 0.0697. The summed E-state index contributed by atoms with van der Waals surface area (Å²) in [7, 11) is -3.66. The molecule has 0 aromatic heterocycles. The molecule has 0 aliphatic rings. The molecule has 0 aliphatic carbocycles. The highest BCUT2D eigenvalue weighted by Gasteiger charge is 2.15. The fraction of sp³-hybridized carbons (Fsp3) is 0.0952. The predicted molar refractivity (Wildman–Crippen MR) is 112 cm³/mol. The number of carbonyl (C=O) groups is 1. The van der Waals surface area contributed by atoms with E-state index in [-0.39, 0.29) is 29.4 Å². The maximum Gasteiger partial charge on any atom is 0.335 e. The normalized spacial score (nSPS) is 11.1. The first-order valence-corrected chi connectivity index (χ1v) is 10.6. The first-order chi connectivity index (χ1) is 13.8. The lowest BCUT2D eigenvalue weighted by Crippen LogP contribution is -2.15. The molecule has 3 aromatic carbocycles. The van der Waals surface area contributed by atoms with E-state index in [1.807, 2.05) is 6.07 Å². The van der Waals surface area contributed by atoms with Crippen molar-refractivity contribution in [3.8, 4) is 5.75 Å². The van der Waals surface area contributed by atoms with E-state index in [1.165, 1.54) is 24.3 Å². The molecule has 150 valence electrons. The quantitative estimate of drug-likeness (QED) is 0.545. The highest BCUT2D eigenvalue weighted by atomic mass is 35.5. The minimum absolute atomic E-state index is 0.119. The summed E-state index contributed by atoms with van der Waals surface area (Å²) in [6, 6.07) is 19.7. The molecule has 29 heavy (non-hydrogen) atoms. The largest absolute Gasteiger partial charge is 0.487 e. The Bertz CT molecular complexity index is 1100. The van der Waals surface area contributed by atoms with Crippen LogP contribution < -0.4 is 9.46 Å². The van der Waals surface area contributed by atoms with Crippen molar-refractivity contribution >= 4 is 33.3 Å². The van der Waals surface area contributed by atoms with Gasteiger partial charge in [-0.3, -0.25) is 4.72 Å². The summed E-state index contributed by atoms with van der Waals surface area (Å²) in [5.74, 6) is -0.911. The molecule has 0 saturated heterocycles. The molecule has 0 unspecified atom stereocenters. The number of hydrogen-bond acceptors (Lipinski definition) is 4. The van der Waals surface area contributed by atoms with E-state index in [1.54, 1.807) is 42.5 Å². The Balaban J connectivity index is 1.74. The molecule has 0 aliphatic heterocycles. The minimum Gasteiger partial charge on any atom is -0.487 e. The fourth-order valence-corrected chi connectivity index (χ4v) is 3.97. The van der Waals surface area contributed by atoms with Gasteiger partial charge >= 0.3 is 5.97 Å². The van der Waals surface area contributed by atoms with Crippen molar-refractivity contribution in [1.82, 2.24) is 0 Å². The molecule has 6 nitrogen and oxygen atoms in total. The van der Waals surface area contributed by atoms with Crippen LogP contribution in [0.5, 0.6) is 5.75 Å². The maximum atomic E-state index is 12.5. The highest BCUT2D eigenvalue weighted by molar-refractivity contribution is 7.91. The second-order valence-electron chi connectivity index (χ2n) is 6.28. The molecule has 0 atom stereocenters. The third-order valence-electron chi connectivity index (χ3n) is 4.00. The molecular weight excluding hydrogens is 414 g/mol. The van der Waals surface area contributed by atoms with E-state index in [0.29, 0.717) is 10.6 Å². The molecule has 0 radical (unpaired) electrons. The molecule has 3 aromatic rings. The van der Waals surface area contributed by atoms with E-state index in [4.69, 9.17) is 21.4 Å². The van der Waals surface area contributed by atoms with Crippen molar-refractivity contribution in [3.63, 3.8) is 0 Å². The van der Waals surface area contributed by atoms with Gasteiger partial charge in [0.25, 0.3) is 0 Å². The maximum absolute atomic E-state index is 12.5. The van der Waals surface area contributed by atoms with Crippen LogP contribution in [-0.2, 0) is 22.4 Å². The number of sulfonamides is 1. The van der Waals surface area contributed by atoms with Gasteiger partial charge in [-0.05, 0) is 35.4 Å². The zero-order valence-corrected chi connectivity index (χ0v) is 16.8. The third-order valence-corrected chi connectivity index (χ3v) is 5.48. The van der Waals surface area contributed by atoms with Crippen LogP contribution in [0.1, 0.15) is 21.5 Å². The summed E-state index contributed by atoms with van der Waals surface area (Å²) in [6.45, 7) is 0.119. The van der Waals surface area contributed by atoms with E-state index in [2.05, 4.69) is 4.72 Å². The van der Waals surface area contributed by atoms with Gasteiger partial charge in [-0.25, -0.2) is 13.2 Å². The van der Waals surface area contributed by atoms with Gasteiger partial charge in [0.1, 0.15) is 12.4 Å². The van der Waals surface area contributed by atoms with Gasteiger partial charge in [0.15, 0.2) is 0 Å². The monoisotopic (exact) mass is 431 g/mol. The Morgan fingerprint density at radius 1 is 0.966 bits per heavy atom. The zero-order chi connectivity index (χ0) is 20.9. The average Bonchev–Trinajstić information content (AvgIpc) is 2.68. The second-order valence-corrected chi connectivity index (χ2v) is 8.44. The summed E-state index contributed by atoms with van der Waals surface area (Å²) in [6.07, 6.45) is 0. The number of rotatable bonds is 8. The summed E-state index contributed by atoms with van der Waals surface area (Å²) in [4.78, 5) is 10.9. The molecule has 0 bridgehead atoms. The van der Waals surface area contributed by atoms with Gasteiger partial charge in [-0.1, -0.05) is 54.1 Å². The summed E-state index contributed by atoms with van der Waals surface area (Å²) < 4.78 is 33.3. The summed E-state index contributed by atoms with van der Waals surface area (Å²) in [5.41, 5.74) is 1.83. The van der Waals surface area contributed by atoms with E-state index in [9.17, 15) is 13.2 Å². The number of carboxylic acid groups (broad SMARTS) is 1. The van der Waals surface area contributed by atoms with Crippen LogP contribution in [0.25, 0.3) is 0 Å². The van der Waals surface area contributed by atoms with Crippen LogP contribution in [0, 0.1) is 0 Å². The Labute approximate surface area is 173 Å². The van der Waals surface area contributed by atoms with Crippen LogP contribution >= 0.6 is 11.6 Å². The number of anilines is 1. The first kappa shape index (κ1) is 20.7. The highest BCUT2D eigenvalue weighted by Crippen LogP contribution is 2.30. The predicted octanol–water partition coefficient (Wildman–Crippen LogP) is 4.56. The van der Waals surface area contributed by atoms with Gasteiger partial charge in [0, 0.05) is 11.1 Å². The van der Waals surface area contributed by atoms with Gasteiger partial charge in [0.05, 0.1) is 17.0 Å². The average molecular weight is 432 g/mol. The number of carboxylic acids is 1. The van der Waals surface area contributed by atoms with Crippen LogP contribution in [0.15, 0.2) is 72.8 Å². The molecule has 0 amide bonds. The second kappa shape index (κ2) is 8.98. The van der Waals surface area contributed by atoms with Crippen LogP contribution in [-0.4, -0.2) is 19.5 Å². The zero-order valence-electron chi connectivity index (χ0n) is 15.2. The number of aromatic carboxylic acids is 1. The number of halogens is 1. The van der Waals surface area contributed by atoms with Gasteiger partial charge in [0.2, 0.25) is 10.0 Å². The van der Waals surface area contributed by atoms with Crippen molar-refractivity contribution in [2.75, 3.05) is 4.72 Å². The summed E-state index contributed by atoms with van der Waals surface area (Å²) >= 11 is 6.03.